The Kier molecular flexibility index (Phi) is 9.83. The molecule has 2 N–H and O–H groups in total. The lowest BCUT2D eigenvalue weighted by Gasteiger charge is -2.17. The second kappa shape index (κ2) is 12.1. The van der Waals surface area contributed by atoms with Crippen LogP contribution in [0.15, 0.2) is 56.5 Å². The van der Waals surface area contributed by atoms with E-state index in [4.69, 9.17) is 4.42 Å². The summed E-state index contributed by atoms with van der Waals surface area (Å²) >= 11 is 3.44. The van der Waals surface area contributed by atoms with Gasteiger partial charge in [0.2, 0.25) is 5.91 Å². The van der Waals surface area contributed by atoms with E-state index in [9.17, 15) is 4.79 Å². The fourth-order valence-corrected chi connectivity index (χ4v) is 3.20. The maximum atomic E-state index is 12.3. The molecule has 1 saturated heterocycles. The van der Waals surface area contributed by atoms with Crippen molar-refractivity contribution in [1.82, 2.24) is 15.5 Å². The lowest BCUT2D eigenvalue weighted by molar-refractivity contribution is -0.128. The van der Waals surface area contributed by atoms with Gasteiger partial charge in [-0.15, -0.1) is 24.0 Å². The molecule has 6 nitrogen and oxygen atoms in total. The largest absolute Gasteiger partial charge is 0.469 e. The number of hydrogen-bond donors (Lipinski definition) is 2. The van der Waals surface area contributed by atoms with Crippen LogP contribution in [0.2, 0.25) is 0 Å². The number of carbonyl (C=O) groups excluding carboxylic acids is 1. The second-order valence-corrected chi connectivity index (χ2v) is 7.40. The number of carbonyl (C=O) groups is 1. The summed E-state index contributed by atoms with van der Waals surface area (Å²) in [6.45, 7) is 3.20. The molecule has 8 heteroatoms. The number of nitrogens with one attached hydrogen (secondary N) is 2. The number of aliphatic imine (C=N–C) groups is 1. The van der Waals surface area contributed by atoms with Crippen molar-refractivity contribution in [1.29, 1.82) is 0 Å². The molecule has 0 radical (unpaired) electrons. The zero-order valence-corrected chi connectivity index (χ0v) is 19.6. The highest BCUT2D eigenvalue weighted by Gasteiger charge is 2.17. The predicted molar refractivity (Wildman–Crippen MR) is 125 cm³/mol. The van der Waals surface area contributed by atoms with Crippen LogP contribution in [0.3, 0.4) is 0 Å². The van der Waals surface area contributed by atoms with E-state index >= 15 is 0 Å². The molecule has 1 aliphatic heterocycles. The Bertz CT molecular complexity index is 744. The van der Waals surface area contributed by atoms with Gasteiger partial charge in [-0.2, -0.15) is 0 Å². The summed E-state index contributed by atoms with van der Waals surface area (Å²) in [5.74, 6) is 1.68. The van der Waals surface area contributed by atoms with Crippen molar-refractivity contribution in [3.63, 3.8) is 0 Å². The number of halogens is 2. The normalized spacial score (nSPS) is 13.9. The van der Waals surface area contributed by atoms with E-state index in [0.29, 0.717) is 19.0 Å². The quantitative estimate of drug-likeness (QED) is 0.309. The first kappa shape index (κ1) is 22.7. The zero-order valence-electron chi connectivity index (χ0n) is 15.7. The number of nitrogens with zero attached hydrogens (tertiary/aromatic N) is 2. The van der Waals surface area contributed by atoms with Crippen LogP contribution in [-0.2, 0) is 17.8 Å². The molecule has 0 unspecified atom stereocenters. The van der Waals surface area contributed by atoms with Crippen molar-refractivity contribution >= 4 is 51.8 Å². The highest BCUT2D eigenvalue weighted by molar-refractivity contribution is 14.0. The Morgan fingerprint density at radius 2 is 1.89 bits per heavy atom. The highest BCUT2D eigenvalue weighted by Crippen LogP contribution is 2.11. The standard InChI is InChI=1S/C20H25BrN4O2.HI/c21-17-7-5-16(6-8-17)14-23-20(22-10-9-18-4-3-13-27-18)24-15-19(26)25-11-1-2-12-25;/h3-8,13H,1-2,9-12,14-15H2,(H2,22,23,24);1H. The highest BCUT2D eigenvalue weighted by atomic mass is 127. The van der Waals surface area contributed by atoms with Crippen molar-refractivity contribution in [2.45, 2.75) is 25.8 Å². The van der Waals surface area contributed by atoms with Crippen LogP contribution in [0.5, 0.6) is 0 Å². The van der Waals surface area contributed by atoms with Gasteiger partial charge in [-0.1, -0.05) is 28.1 Å². The Morgan fingerprint density at radius 3 is 2.57 bits per heavy atom. The van der Waals surface area contributed by atoms with Gasteiger partial charge in [0, 0.05) is 30.5 Å². The van der Waals surface area contributed by atoms with Crippen LogP contribution < -0.4 is 10.6 Å². The van der Waals surface area contributed by atoms with E-state index in [-0.39, 0.29) is 36.4 Å². The van der Waals surface area contributed by atoms with E-state index in [1.54, 1.807) is 6.26 Å². The Balaban J connectivity index is 0.00000280. The Labute approximate surface area is 191 Å². The van der Waals surface area contributed by atoms with Gasteiger partial charge in [0.25, 0.3) is 0 Å². The fraction of sp³-hybridized carbons (Fsp3) is 0.400. The SMILES string of the molecule is I.O=C(CNC(=NCc1ccc(Br)cc1)NCCc1ccco1)N1CCCC1. The lowest BCUT2D eigenvalue weighted by atomic mass is 10.2. The third-order valence-electron chi connectivity index (χ3n) is 4.44. The number of guanidine groups is 1. The van der Waals surface area contributed by atoms with Gasteiger partial charge in [0.1, 0.15) is 5.76 Å². The summed E-state index contributed by atoms with van der Waals surface area (Å²) in [5, 5.41) is 6.45. The van der Waals surface area contributed by atoms with Crippen LogP contribution in [0.4, 0.5) is 0 Å². The van der Waals surface area contributed by atoms with Crippen molar-refractivity contribution in [2.24, 2.45) is 4.99 Å². The lowest BCUT2D eigenvalue weighted by Crippen LogP contribution is -2.44. The van der Waals surface area contributed by atoms with E-state index in [2.05, 4.69) is 31.6 Å². The van der Waals surface area contributed by atoms with Crippen LogP contribution in [-0.4, -0.2) is 42.9 Å². The molecule has 0 aliphatic carbocycles. The first-order valence-electron chi connectivity index (χ1n) is 9.27. The van der Waals surface area contributed by atoms with Crippen molar-refractivity contribution in [2.75, 3.05) is 26.2 Å². The molecule has 1 amide bonds. The van der Waals surface area contributed by atoms with E-state index in [1.807, 2.05) is 41.3 Å². The maximum Gasteiger partial charge on any atom is 0.241 e. The predicted octanol–water partition coefficient (Wildman–Crippen LogP) is 3.56. The van der Waals surface area contributed by atoms with Crippen LogP contribution in [0.25, 0.3) is 0 Å². The molecule has 1 aliphatic rings. The minimum atomic E-state index is 0. The molecule has 0 saturated carbocycles. The molecule has 2 aromatic rings. The average molecular weight is 561 g/mol. The van der Waals surface area contributed by atoms with E-state index in [0.717, 1.165) is 48.1 Å². The van der Waals surface area contributed by atoms with Crippen LogP contribution in [0, 0.1) is 0 Å². The Hall–Kier alpha value is -1.55. The molecule has 0 spiro atoms. The maximum absolute atomic E-state index is 12.3. The smallest absolute Gasteiger partial charge is 0.241 e. The molecule has 1 fully saturated rings. The number of amides is 1. The number of benzene rings is 1. The first-order valence-corrected chi connectivity index (χ1v) is 10.1. The van der Waals surface area contributed by atoms with Gasteiger partial charge >= 0.3 is 0 Å². The average Bonchev–Trinajstić information content (AvgIpc) is 3.38. The van der Waals surface area contributed by atoms with E-state index in [1.165, 1.54) is 0 Å². The van der Waals surface area contributed by atoms with Gasteiger partial charge < -0.3 is 20.0 Å². The molecule has 28 heavy (non-hydrogen) atoms. The topological polar surface area (TPSA) is 69.9 Å². The summed E-state index contributed by atoms with van der Waals surface area (Å²) in [7, 11) is 0. The third-order valence-corrected chi connectivity index (χ3v) is 4.97. The molecular weight excluding hydrogens is 535 g/mol. The molecule has 1 aromatic heterocycles. The molecule has 0 bridgehead atoms. The minimum absolute atomic E-state index is 0. The summed E-state index contributed by atoms with van der Waals surface area (Å²) in [4.78, 5) is 18.8. The van der Waals surface area contributed by atoms with Gasteiger partial charge in [0.15, 0.2) is 5.96 Å². The first-order chi connectivity index (χ1) is 13.2. The number of furan rings is 1. The van der Waals surface area contributed by atoms with Crippen LogP contribution >= 0.6 is 39.9 Å². The molecule has 0 atom stereocenters. The summed E-state index contributed by atoms with van der Waals surface area (Å²) in [6, 6.07) is 11.9. The van der Waals surface area contributed by atoms with Gasteiger partial charge in [0.05, 0.1) is 19.4 Å². The molecule has 2 heterocycles. The van der Waals surface area contributed by atoms with Crippen molar-refractivity contribution in [3.8, 4) is 0 Å². The Morgan fingerprint density at radius 1 is 1.14 bits per heavy atom. The number of rotatable bonds is 7. The molecule has 3 rings (SSSR count). The summed E-state index contributed by atoms with van der Waals surface area (Å²) in [5.41, 5.74) is 1.11. The zero-order chi connectivity index (χ0) is 18.9. The van der Waals surface area contributed by atoms with E-state index < -0.39 is 0 Å². The number of likely N-dealkylation sites (tertiary alicyclic amines) is 1. The van der Waals surface area contributed by atoms with Gasteiger partial charge in [-0.3, -0.25) is 4.79 Å². The molecule has 152 valence electrons. The molecule has 1 aromatic carbocycles. The fourth-order valence-electron chi connectivity index (χ4n) is 2.93. The summed E-state index contributed by atoms with van der Waals surface area (Å²) < 4.78 is 6.40. The third kappa shape index (κ3) is 7.46. The summed E-state index contributed by atoms with van der Waals surface area (Å²) in [6.07, 6.45) is 4.62. The minimum Gasteiger partial charge on any atom is -0.469 e. The number of hydrogen-bond acceptors (Lipinski definition) is 3. The van der Waals surface area contributed by atoms with Crippen LogP contribution in [0.1, 0.15) is 24.2 Å². The monoisotopic (exact) mass is 560 g/mol. The second-order valence-electron chi connectivity index (χ2n) is 6.49. The van der Waals surface area contributed by atoms with Crippen molar-refractivity contribution in [3.05, 3.63) is 58.5 Å². The van der Waals surface area contributed by atoms with Crippen molar-refractivity contribution < 1.29 is 9.21 Å². The molecular formula is C20H26BrIN4O2. The van der Waals surface area contributed by atoms with Gasteiger partial charge in [-0.25, -0.2) is 4.99 Å². The van der Waals surface area contributed by atoms with Gasteiger partial charge in [-0.05, 0) is 42.7 Å².